The molecule has 0 bridgehead atoms. The Morgan fingerprint density at radius 1 is 0.778 bits per heavy atom. The first-order valence-corrected chi connectivity index (χ1v) is 7.91. The molecular weight excluding hydrogens is 250 g/mol. The molecule has 0 aromatic rings. The molecule has 0 aromatic heterocycles. The van der Waals surface area contributed by atoms with Crippen molar-refractivity contribution in [3.05, 3.63) is 0 Å². The Morgan fingerprint density at radius 2 is 1.00 bits per heavy atom. The highest BCUT2D eigenvalue weighted by atomic mass is 28.4. The minimum absolute atomic E-state index is 0.148. The summed E-state index contributed by atoms with van der Waals surface area (Å²) in [6, 6.07) is 0.565. The average Bonchev–Trinajstić information content (AvgIpc) is 2.29. The van der Waals surface area contributed by atoms with E-state index >= 15 is 0 Å². The summed E-state index contributed by atoms with van der Waals surface area (Å²) in [6.07, 6.45) is 0. The molecular formula is C11H23N3O3Si. The summed E-state index contributed by atoms with van der Waals surface area (Å²) in [7, 11) is 2.13. The van der Waals surface area contributed by atoms with Gasteiger partial charge in [-0.05, 0) is 6.04 Å². The topological polar surface area (TPSA) is 60.9 Å². The lowest BCUT2D eigenvalue weighted by Gasteiger charge is -2.48. The summed E-state index contributed by atoms with van der Waals surface area (Å²) in [6.45, 7) is 6.22. The van der Waals surface area contributed by atoms with Crippen molar-refractivity contribution < 1.29 is 14.4 Å². The Morgan fingerprint density at radius 3 is 1.11 bits per heavy atom. The maximum atomic E-state index is 11.7. The van der Waals surface area contributed by atoms with Crippen molar-refractivity contribution in [2.75, 3.05) is 21.1 Å². The second-order valence-corrected chi connectivity index (χ2v) is 8.63. The van der Waals surface area contributed by atoms with E-state index in [4.69, 9.17) is 0 Å². The standard InChI is InChI=1S/C11H23N3O3Si/c1-8-18(12(5)9(2)15,13(6)10(3)16)14(7)11(4)17/h8H2,1-7H3. The van der Waals surface area contributed by atoms with Crippen molar-refractivity contribution in [3.8, 4) is 0 Å². The second-order valence-electron chi connectivity index (χ2n) is 4.36. The van der Waals surface area contributed by atoms with E-state index in [0.717, 1.165) is 0 Å². The zero-order valence-electron chi connectivity index (χ0n) is 12.3. The van der Waals surface area contributed by atoms with E-state index in [9.17, 15) is 14.4 Å². The molecule has 0 saturated carbocycles. The normalized spacial score (nSPS) is 10.8. The molecule has 0 N–H and O–H groups in total. The van der Waals surface area contributed by atoms with E-state index in [1.165, 1.54) is 20.8 Å². The van der Waals surface area contributed by atoms with Crippen molar-refractivity contribution >= 4 is 26.3 Å². The van der Waals surface area contributed by atoms with Gasteiger partial charge in [0.15, 0.2) is 0 Å². The smallest absolute Gasteiger partial charge is 0.338 e. The van der Waals surface area contributed by atoms with E-state index in [0.29, 0.717) is 6.04 Å². The van der Waals surface area contributed by atoms with Crippen LogP contribution in [0, 0.1) is 0 Å². The molecule has 0 fully saturated rings. The van der Waals surface area contributed by atoms with Crippen molar-refractivity contribution in [3.63, 3.8) is 0 Å². The number of carbonyl (C=O) groups is 3. The third-order valence-electron chi connectivity index (χ3n) is 3.50. The van der Waals surface area contributed by atoms with Crippen molar-refractivity contribution in [2.24, 2.45) is 0 Å². The molecule has 0 aromatic carbocycles. The van der Waals surface area contributed by atoms with Crippen LogP contribution in [0.3, 0.4) is 0 Å². The fourth-order valence-electron chi connectivity index (χ4n) is 2.14. The Bertz CT molecular complexity index is 309. The van der Waals surface area contributed by atoms with Gasteiger partial charge in [0.05, 0.1) is 0 Å². The van der Waals surface area contributed by atoms with Gasteiger partial charge in [0.1, 0.15) is 0 Å². The molecule has 0 atom stereocenters. The van der Waals surface area contributed by atoms with Crippen LogP contribution in [-0.2, 0) is 14.4 Å². The molecule has 0 radical (unpaired) electrons. The van der Waals surface area contributed by atoms with Gasteiger partial charge in [0.2, 0.25) is 17.7 Å². The van der Waals surface area contributed by atoms with Gasteiger partial charge < -0.3 is 13.7 Å². The van der Waals surface area contributed by atoms with Gasteiger partial charge in [-0.2, -0.15) is 0 Å². The van der Waals surface area contributed by atoms with Crippen molar-refractivity contribution in [1.29, 1.82) is 0 Å². The molecule has 0 aliphatic carbocycles. The Kier molecular flexibility index (Phi) is 5.53. The number of carbonyl (C=O) groups excluding carboxylic acids is 3. The molecule has 0 rings (SSSR count). The van der Waals surface area contributed by atoms with Crippen LogP contribution in [0.2, 0.25) is 6.04 Å². The molecule has 0 saturated heterocycles. The van der Waals surface area contributed by atoms with Crippen LogP contribution in [0.1, 0.15) is 27.7 Å². The highest BCUT2D eigenvalue weighted by molar-refractivity contribution is 6.77. The number of amides is 3. The van der Waals surface area contributed by atoms with Gasteiger partial charge in [-0.15, -0.1) is 0 Å². The first-order valence-electron chi connectivity index (χ1n) is 5.86. The molecule has 0 aliphatic rings. The molecule has 3 amide bonds. The molecule has 0 unspecified atom stereocenters. The van der Waals surface area contributed by atoms with E-state index in [1.807, 2.05) is 6.92 Å². The third-order valence-corrected chi connectivity index (χ3v) is 8.62. The number of hydrogen-bond acceptors (Lipinski definition) is 3. The fraction of sp³-hybridized carbons (Fsp3) is 0.727. The van der Waals surface area contributed by atoms with Gasteiger partial charge in [0.25, 0.3) is 0 Å². The predicted octanol–water partition coefficient (Wildman–Crippen LogP) is 0.380. The predicted molar refractivity (Wildman–Crippen MR) is 71.6 cm³/mol. The molecule has 6 nitrogen and oxygen atoms in total. The quantitative estimate of drug-likeness (QED) is 0.696. The first-order chi connectivity index (χ1) is 8.12. The van der Waals surface area contributed by atoms with E-state index < -0.39 is 8.56 Å². The fourth-order valence-corrected chi connectivity index (χ4v) is 6.43. The third kappa shape index (κ3) is 2.72. The van der Waals surface area contributed by atoms with Crippen molar-refractivity contribution in [2.45, 2.75) is 33.7 Å². The molecule has 0 aliphatic heterocycles. The lowest BCUT2D eigenvalue weighted by Crippen LogP contribution is -2.74. The van der Waals surface area contributed by atoms with E-state index in [2.05, 4.69) is 0 Å². The van der Waals surface area contributed by atoms with E-state index in [1.54, 1.807) is 34.8 Å². The minimum atomic E-state index is -2.82. The summed E-state index contributed by atoms with van der Waals surface area (Å²) in [5, 5.41) is 0. The summed E-state index contributed by atoms with van der Waals surface area (Å²) in [4.78, 5) is 35.1. The summed E-state index contributed by atoms with van der Waals surface area (Å²) in [5.41, 5.74) is 0. The largest absolute Gasteiger partial charge is 0.385 e. The van der Waals surface area contributed by atoms with Crippen molar-refractivity contribution in [1.82, 2.24) is 13.7 Å². The Labute approximate surface area is 110 Å². The Balaban J connectivity index is 5.83. The zero-order valence-corrected chi connectivity index (χ0v) is 13.3. The first kappa shape index (κ1) is 16.6. The van der Waals surface area contributed by atoms with Gasteiger partial charge in [-0.25, -0.2) is 0 Å². The van der Waals surface area contributed by atoms with Gasteiger partial charge in [-0.3, -0.25) is 14.4 Å². The van der Waals surface area contributed by atoms with Gasteiger partial charge >= 0.3 is 8.56 Å². The van der Waals surface area contributed by atoms with Crippen LogP contribution < -0.4 is 0 Å². The van der Waals surface area contributed by atoms with Crippen LogP contribution in [0.25, 0.3) is 0 Å². The van der Waals surface area contributed by atoms with Crippen LogP contribution in [0.5, 0.6) is 0 Å². The van der Waals surface area contributed by atoms with Crippen LogP contribution >= 0.6 is 0 Å². The minimum Gasteiger partial charge on any atom is -0.338 e. The maximum absolute atomic E-state index is 11.7. The lowest BCUT2D eigenvalue weighted by atomic mass is 10.7. The number of nitrogens with zero attached hydrogens (tertiary/aromatic N) is 3. The molecule has 0 spiro atoms. The van der Waals surface area contributed by atoms with Crippen LogP contribution in [-0.4, -0.2) is 61.1 Å². The number of rotatable bonds is 4. The summed E-state index contributed by atoms with van der Waals surface area (Å²) < 4.78 is 4.65. The zero-order chi connectivity index (χ0) is 14.7. The monoisotopic (exact) mass is 273 g/mol. The van der Waals surface area contributed by atoms with Gasteiger partial charge in [-0.1, -0.05) is 6.92 Å². The molecule has 18 heavy (non-hydrogen) atoms. The van der Waals surface area contributed by atoms with Crippen LogP contribution in [0.4, 0.5) is 0 Å². The summed E-state index contributed by atoms with van der Waals surface area (Å²) >= 11 is 0. The lowest BCUT2D eigenvalue weighted by molar-refractivity contribution is -0.129. The maximum Gasteiger partial charge on any atom is 0.385 e. The molecule has 7 heteroatoms. The van der Waals surface area contributed by atoms with E-state index in [-0.39, 0.29) is 17.7 Å². The highest BCUT2D eigenvalue weighted by Crippen LogP contribution is 2.22. The molecule has 104 valence electrons. The Hall–Kier alpha value is -1.37. The average molecular weight is 273 g/mol. The highest BCUT2D eigenvalue weighted by Gasteiger charge is 2.50. The van der Waals surface area contributed by atoms with Gasteiger partial charge in [0, 0.05) is 41.9 Å². The SMILES string of the molecule is CC[Si](N(C)C(C)=O)(N(C)C(C)=O)N(C)C(C)=O. The van der Waals surface area contributed by atoms with Crippen LogP contribution in [0.15, 0.2) is 0 Å². The molecule has 0 heterocycles. The number of hydrogen-bond donors (Lipinski definition) is 0. The summed E-state index contributed by atoms with van der Waals surface area (Å²) in [5.74, 6) is -0.445. The second kappa shape index (κ2) is 5.99.